The van der Waals surface area contributed by atoms with Crippen LogP contribution in [0.5, 0.6) is 0 Å². The largest absolute Gasteiger partial charge is 0.391 e. The van der Waals surface area contributed by atoms with Crippen molar-refractivity contribution in [3.05, 3.63) is 0 Å². The fourth-order valence-electron chi connectivity index (χ4n) is 2.90. The van der Waals surface area contributed by atoms with Crippen molar-refractivity contribution < 1.29 is 10.2 Å². The van der Waals surface area contributed by atoms with Crippen LogP contribution in [0.15, 0.2) is 0 Å². The van der Waals surface area contributed by atoms with Crippen molar-refractivity contribution in [2.75, 3.05) is 0 Å². The molecule has 0 aromatic carbocycles. The molecular weight excluding hydrogens is 202 g/mol. The summed E-state index contributed by atoms with van der Waals surface area (Å²) in [4.78, 5) is 0. The smallest absolute Gasteiger partial charge is 0.0744 e. The molecule has 0 radical (unpaired) electrons. The number of aliphatic hydroxyl groups is 2. The van der Waals surface area contributed by atoms with Crippen molar-refractivity contribution in [1.82, 2.24) is 0 Å². The Morgan fingerprint density at radius 2 is 1.62 bits per heavy atom. The number of aliphatic hydroxyl groups excluding tert-OH is 2. The van der Waals surface area contributed by atoms with Gasteiger partial charge >= 0.3 is 0 Å². The summed E-state index contributed by atoms with van der Waals surface area (Å²) >= 11 is 0. The van der Waals surface area contributed by atoms with Crippen LogP contribution in [0.25, 0.3) is 0 Å². The van der Waals surface area contributed by atoms with Crippen LogP contribution in [0.3, 0.4) is 0 Å². The van der Waals surface area contributed by atoms with E-state index in [4.69, 9.17) is 5.73 Å². The minimum atomic E-state index is -0.515. The van der Waals surface area contributed by atoms with Crippen molar-refractivity contribution in [3.8, 4) is 0 Å². The zero-order valence-electron chi connectivity index (χ0n) is 10.0. The number of nitrogens with two attached hydrogens (primary N) is 1. The molecular formula is C13H25NO2. The molecule has 0 amide bonds. The average molecular weight is 227 g/mol. The van der Waals surface area contributed by atoms with Gasteiger partial charge in [-0.1, -0.05) is 32.1 Å². The van der Waals surface area contributed by atoms with Gasteiger partial charge < -0.3 is 15.9 Å². The van der Waals surface area contributed by atoms with Gasteiger partial charge in [0.05, 0.1) is 18.2 Å². The zero-order chi connectivity index (χ0) is 11.5. The second-order valence-corrected chi connectivity index (χ2v) is 5.71. The number of rotatable bonds is 5. The molecule has 3 heteroatoms. The van der Waals surface area contributed by atoms with Gasteiger partial charge in [0.25, 0.3) is 0 Å². The molecule has 0 aliphatic heterocycles. The maximum atomic E-state index is 10.0. The number of hydrogen-bond donors (Lipinski definition) is 3. The molecule has 2 fully saturated rings. The normalized spacial score (nSPS) is 28.7. The van der Waals surface area contributed by atoms with Crippen molar-refractivity contribution in [2.45, 2.75) is 69.6 Å². The maximum Gasteiger partial charge on any atom is 0.0744 e. The third kappa shape index (κ3) is 3.19. The summed E-state index contributed by atoms with van der Waals surface area (Å²) < 4.78 is 0. The fourth-order valence-corrected chi connectivity index (χ4v) is 2.90. The summed E-state index contributed by atoms with van der Waals surface area (Å²) in [6.07, 6.45) is 8.30. The molecule has 94 valence electrons. The van der Waals surface area contributed by atoms with Crippen LogP contribution in [0.1, 0.15) is 51.4 Å². The van der Waals surface area contributed by atoms with E-state index in [1.165, 1.54) is 32.1 Å². The standard InChI is InChI=1S/C13H25NO2/c14-12(13(16)10-6-7-10)11(15)8-9-4-2-1-3-5-9/h9-13,15-16H,1-8,14H2. The first kappa shape index (κ1) is 12.3. The highest BCUT2D eigenvalue weighted by molar-refractivity contribution is 4.91. The van der Waals surface area contributed by atoms with Crippen molar-refractivity contribution in [3.63, 3.8) is 0 Å². The van der Waals surface area contributed by atoms with Crippen molar-refractivity contribution >= 4 is 0 Å². The maximum absolute atomic E-state index is 10.0. The van der Waals surface area contributed by atoms with Crippen LogP contribution in [-0.4, -0.2) is 28.5 Å². The molecule has 16 heavy (non-hydrogen) atoms. The molecule has 2 aliphatic rings. The minimum Gasteiger partial charge on any atom is -0.391 e. The van der Waals surface area contributed by atoms with E-state index in [0.29, 0.717) is 11.8 Å². The van der Waals surface area contributed by atoms with Crippen LogP contribution in [0.4, 0.5) is 0 Å². The van der Waals surface area contributed by atoms with Gasteiger partial charge in [-0.2, -0.15) is 0 Å². The van der Waals surface area contributed by atoms with E-state index in [-0.39, 0.29) is 0 Å². The molecule has 0 saturated heterocycles. The van der Waals surface area contributed by atoms with Gasteiger partial charge in [0.2, 0.25) is 0 Å². The summed E-state index contributed by atoms with van der Waals surface area (Å²) in [7, 11) is 0. The molecule has 0 bridgehead atoms. The Kier molecular flexibility index (Phi) is 4.22. The minimum absolute atomic E-state index is 0.357. The Balaban J connectivity index is 1.74. The van der Waals surface area contributed by atoms with Crippen LogP contribution < -0.4 is 5.73 Å². The third-order valence-corrected chi connectivity index (χ3v) is 4.24. The molecule has 0 aromatic rings. The highest BCUT2D eigenvalue weighted by Crippen LogP contribution is 2.35. The lowest BCUT2D eigenvalue weighted by molar-refractivity contribution is 0.0283. The SMILES string of the molecule is NC(C(O)CC1CCCCC1)C(O)C1CC1. The van der Waals surface area contributed by atoms with Crippen molar-refractivity contribution in [2.24, 2.45) is 17.6 Å². The summed E-state index contributed by atoms with van der Waals surface area (Å²) in [5, 5.41) is 19.9. The van der Waals surface area contributed by atoms with E-state index in [2.05, 4.69) is 0 Å². The molecule has 3 nitrogen and oxygen atoms in total. The lowest BCUT2D eigenvalue weighted by atomic mass is 9.83. The van der Waals surface area contributed by atoms with E-state index in [1.54, 1.807) is 0 Å². The summed E-state index contributed by atoms with van der Waals surface area (Å²) in [5.74, 6) is 0.984. The second kappa shape index (κ2) is 5.48. The first-order chi connectivity index (χ1) is 7.68. The molecule has 4 N–H and O–H groups in total. The van der Waals surface area contributed by atoms with E-state index in [9.17, 15) is 10.2 Å². The molecule has 2 rings (SSSR count). The molecule has 0 heterocycles. The van der Waals surface area contributed by atoms with Crippen molar-refractivity contribution in [1.29, 1.82) is 0 Å². The predicted molar refractivity (Wildman–Crippen MR) is 63.9 cm³/mol. The van der Waals surface area contributed by atoms with Gasteiger partial charge in [0, 0.05) is 0 Å². The summed E-state index contributed by atoms with van der Waals surface area (Å²) in [6, 6.07) is -0.436. The Hall–Kier alpha value is -0.120. The average Bonchev–Trinajstić information content (AvgIpc) is 3.12. The van der Waals surface area contributed by atoms with Gasteiger partial charge in [-0.15, -0.1) is 0 Å². The lowest BCUT2D eigenvalue weighted by Gasteiger charge is -2.29. The van der Waals surface area contributed by atoms with Crippen LogP contribution in [0.2, 0.25) is 0 Å². The van der Waals surface area contributed by atoms with E-state index in [0.717, 1.165) is 19.3 Å². The Morgan fingerprint density at radius 3 is 2.19 bits per heavy atom. The van der Waals surface area contributed by atoms with Gasteiger partial charge in [-0.3, -0.25) is 0 Å². The lowest BCUT2D eigenvalue weighted by Crippen LogP contribution is -2.46. The van der Waals surface area contributed by atoms with Crippen LogP contribution in [-0.2, 0) is 0 Å². The van der Waals surface area contributed by atoms with Gasteiger partial charge in [0.15, 0.2) is 0 Å². The molecule has 3 atom stereocenters. The Bertz CT molecular complexity index is 212. The molecule has 3 unspecified atom stereocenters. The monoisotopic (exact) mass is 227 g/mol. The quantitative estimate of drug-likeness (QED) is 0.665. The van der Waals surface area contributed by atoms with Gasteiger partial charge in [0.1, 0.15) is 0 Å². The molecule has 0 spiro atoms. The zero-order valence-corrected chi connectivity index (χ0v) is 10.0. The van der Waals surface area contributed by atoms with Gasteiger partial charge in [-0.05, 0) is 31.1 Å². The van der Waals surface area contributed by atoms with E-state index in [1.807, 2.05) is 0 Å². The third-order valence-electron chi connectivity index (χ3n) is 4.24. The first-order valence-corrected chi connectivity index (χ1v) is 6.80. The van der Waals surface area contributed by atoms with Crippen LogP contribution in [0, 0.1) is 11.8 Å². The van der Waals surface area contributed by atoms with Crippen LogP contribution >= 0.6 is 0 Å². The molecule has 0 aromatic heterocycles. The fraction of sp³-hybridized carbons (Fsp3) is 1.00. The summed E-state index contributed by atoms with van der Waals surface area (Å²) in [5.41, 5.74) is 5.92. The Morgan fingerprint density at radius 1 is 1.00 bits per heavy atom. The summed E-state index contributed by atoms with van der Waals surface area (Å²) in [6.45, 7) is 0. The molecule has 2 saturated carbocycles. The molecule has 2 aliphatic carbocycles. The first-order valence-electron chi connectivity index (χ1n) is 6.80. The second-order valence-electron chi connectivity index (χ2n) is 5.71. The highest BCUT2D eigenvalue weighted by atomic mass is 16.3. The predicted octanol–water partition coefficient (Wildman–Crippen LogP) is 1.42. The topological polar surface area (TPSA) is 66.5 Å². The van der Waals surface area contributed by atoms with E-state index < -0.39 is 18.2 Å². The van der Waals surface area contributed by atoms with E-state index >= 15 is 0 Å². The Labute approximate surface area is 98.0 Å². The number of hydrogen-bond acceptors (Lipinski definition) is 3. The van der Waals surface area contributed by atoms with Gasteiger partial charge in [-0.25, -0.2) is 0 Å². The highest BCUT2D eigenvalue weighted by Gasteiger charge is 2.37.